The zero-order valence-corrected chi connectivity index (χ0v) is 13.9. The minimum absolute atomic E-state index is 0.0127. The van der Waals surface area contributed by atoms with Gasteiger partial charge in [0.2, 0.25) is 5.79 Å². The number of aliphatic hydroxyl groups is 3. The SMILES string of the molecule is C[C@H]1CC[C@H](C(N)(CCO)C(O)(O)C=Cc2ccccc2)CC1. The third kappa shape index (κ3) is 4.21. The van der Waals surface area contributed by atoms with Crippen LogP contribution in [0.25, 0.3) is 6.08 Å². The van der Waals surface area contributed by atoms with Gasteiger partial charge in [-0.2, -0.15) is 0 Å². The molecule has 0 radical (unpaired) electrons. The van der Waals surface area contributed by atoms with E-state index in [-0.39, 0.29) is 18.9 Å². The summed E-state index contributed by atoms with van der Waals surface area (Å²) in [5.74, 6) is -1.52. The normalized spacial score (nSPS) is 25.4. The summed E-state index contributed by atoms with van der Waals surface area (Å²) >= 11 is 0. The Balaban J connectivity index is 2.21. The standard InChI is InChI=1S/C19H29NO3/c1-15-7-9-17(10-8-15)18(20,13-14-21)19(22,23)12-11-16-5-3-2-4-6-16/h2-6,11-12,15,17,21-23H,7-10,13-14,20H2,1H3/t15-,17-,18?. The monoisotopic (exact) mass is 319 g/mol. The molecule has 1 fully saturated rings. The van der Waals surface area contributed by atoms with Gasteiger partial charge in [0.05, 0.1) is 5.54 Å². The molecule has 1 unspecified atom stereocenters. The molecule has 0 bridgehead atoms. The van der Waals surface area contributed by atoms with Crippen LogP contribution in [0.5, 0.6) is 0 Å². The van der Waals surface area contributed by atoms with Crippen LogP contribution in [0.3, 0.4) is 0 Å². The smallest absolute Gasteiger partial charge is 0.202 e. The van der Waals surface area contributed by atoms with Crippen LogP contribution in [0.2, 0.25) is 0 Å². The Hall–Kier alpha value is -1.20. The molecular formula is C19H29NO3. The average Bonchev–Trinajstić information content (AvgIpc) is 2.54. The first-order chi connectivity index (χ1) is 10.9. The molecule has 4 nitrogen and oxygen atoms in total. The molecule has 1 aliphatic rings. The third-order valence-electron chi connectivity index (χ3n) is 5.26. The molecule has 0 spiro atoms. The minimum atomic E-state index is -2.16. The van der Waals surface area contributed by atoms with Gasteiger partial charge in [0, 0.05) is 6.61 Å². The van der Waals surface area contributed by atoms with E-state index < -0.39 is 11.3 Å². The topological polar surface area (TPSA) is 86.7 Å². The molecule has 5 N–H and O–H groups in total. The summed E-state index contributed by atoms with van der Waals surface area (Å²) in [5, 5.41) is 30.8. The third-order valence-corrected chi connectivity index (χ3v) is 5.26. The van der Waals surface area contributed by atoms with Crippen molar-refractivity contribution in [2.24, 2.45) is 17.6 Å². The lowest BCUT2D eigenvalue weighted by atomic mass is 9.67. The van der Waals surface area contributed by atoms with Gasteiger partial charge in [0.15, 0.2) is 0 Å². The number of nitrogens with two attached hydrogens (primary N) is 1. The first kappa shape index (κ1) is 18.1. The Morgan fingerprint density at radius 3 is 2.30 bits per heavy atom. The lowest BCUT2D eigenvalue weighted by molar-refractivity contribution is -0.192. The molecule has 4 heteroatoms. The van der Waals surface area contributed by atoms with Gasteiger partial charge < -0.3 is 21.1 Å². The maximum Gasteiger partial charge on any atom is 0.202 e. The molecule has 0 aliphatic heterocycles. The molecule has 1 aliphatic carbocycles. The summed E-state index contributed by atoms with van der Waals surface area (Å²) in [6, 6.07) is 9.47. The maximum absolute atomic E-state index is 10.7. The first-order valence-corrected chi connectivity index (χ1v) is 8.48. The summed E-state index contributed by atoms with van der Waals surface area (Å²) in [5.41, 5.74) is 6.09. The van der Waals surface area contributed by atoms with E-state index in [1.54, 1.807) is 6.08 Å². The molecule has 2 rings (SSSR count). The van der Waals surface area contributed by atoms with Crippen molar-refractivity contribution in [1.82, 2.24) is 0 Å². The van der Waals surface area contributed by atoms with Crippen LogP contribution in [-0.2, 0) is 0 Å². The highest BCUT2D eigenvalue weighted by atomic mass is 16.5. The Morgan fingerprint density at radius 1 is 1.13 bits per heavy atom. The fourth-order valence-corrected chi connectivity index (χ4v) is 3.58. The van der Waals surface area contributed by atoms with E-state index in [9.17, 15) is 15.3 Å². The van der Waals surface area contributed by atoms with E-state index in [4.69, 9.17) is 5.73 Å². The quantitative estimate of drug-likeness (QED) is 0.606. The molecule has 0 heterocycles. The first-order valence-electron chi connectivity index (χ1n) is 8.48. The van der Waals surface area contributed by atoms with Crippen molar-refractivity contribution >= 4 is 6.08 Å². The van der Waals surface area contributed by atoms with Crippen molar-refractivity contribution in [3.63, 3.8) is 0 Å². The van der Waals surface area contributed by atoms with Crippen LogP contribution in [0.1, 0.15) is 44.6 Å². The van der Waals surface area contributed by atoms with Gasteiger partial charge in [-0.3, -0.25) is 0 Å². The predicted octanol–water partition coefficient (Wildman–Crippen LogP) is 2.29. The van der Waals surface area contributed by atoms with Gasteiger partial charge in [0.25, 0.3) is 0 Å². The van der Waals surface area contributed by atoms with E-state index in [1.807, 2.05) is 30.3 Å². The largest absolute Gasteiger partial charge is 0.396 e. The Kier molecular flexibility index (Phi) is 5.98. The molecule has 0 amide bonds. The van der Waals surface area contributed by atoms with E-state index in [2.05, 4.69) is 6.92 Å². The van der Waals surface area contributed by atoms with Crippen molar-refractivity contribution < 1.29 is 15.3 Å². The zero-order chi connectivity index (χ0) is 16.9. The van der Waals surface area contributed by atoms with Gasteiger partial charge >= 0.3 is 0 Å². The van der Waals surface area contributed by atoms with Gasteiger partial charge in [-0.1, -0.05) is 56.2 Å². The van der Waals surface area contributed by atoms with Crippen molar-refractivity contribution in [2.45, 2.75) is 50.4 Å². The number of aliphatic hydroxyl groups excluding tert-OH is 1. The van der Waals surface area contributed by atoms with E-state index in [0.717, 1.165) is 31.2 Å². The molecule has 1 atom stereocenters. The summed E-state index contributed by atoms with van der Waals surface area (Å²) in [6.07, 6.45) is 6.99. The summed E-state index contributed by atoms with van der Waals surface area (Å²) in [7, 11) is 0. The van der Waals surface area contributed by atoms with E-state index in [0.29, 0.717) is 5.92 Å². The Morgan fingerprint density at radius 2 is 1.74 bits per heavy atom. The molecule has 128 valence electrons. The Labute approximate surface area is 138 Å². The van der Waals surface area contributed by atoms with Crippen LogP contribution in [0.15, 0.2) is 36.4 Å². The number of rotatable bonds is 6. The summed E-state index contributed by atoms with van der Waals surface area (Å²) in [4.78, 5) is 0. The highest BCUT2D eigenvalue weighted by molar-refractivity contribution is 5.50. The summed E-state index contributed by atoms with van der Waals surface area (Å²) in [6.45, 7) is 2.05. The molecule has 1 saturated carbocycles. The highest BCUT2D eigenvalue weighted by Crippen LogP contribution is 2.41. The number of hydrogen-bond acceptors (Lipinski definition) is 4. The minimum Gasteiger partial charge on any atom is -0.396 e. The van der Waals surface area contributed by atoms with E-state index in [1.165, 1.54) is 6.08 Å². The molecular weight excluding hydrogens is 290 g/mol. The molecule has 1 aromatic rings. The highest BCUT2D eigenvalue weighted by Gasteiger charge is 2.50. The van der Waals surface area contributed by atoms with Crippen LogP contribution in [0.4, 0.5) is 0 Å². The van der Waals surface area contributed by atoms with Crippen molar-refractivity contribution in [3.8, 4) is 0 Å². The lowest BCUT2D eigenvalue weighted by Crippen LogP contribution is -2.65. The number of benzene rings is 1. The zero-order valence-electron chi connectivity index (χ0n) is 13.9. The molecule has 1 aromatic carbocycles. The summed E-state index contributed by atoms with van der Waals surface area (Å²) < 4.78 is 0. The average molecular weight is 319 g/mol. The fraction of sp³-hybridized carbons (Fsp3) is 0.579. The lowest BCUT2D eigenvalue weighted by Gasteiger charge is -2.47. The molecule has 23 heavy (non-hydrogen) atoms. The predicted molar refractivity (Wildman–Crippen MR) is 92.4 cm³/mol. The van der Waals surface area contributed by atoms with Crippen LogP contribution >= 0.6 is 0 Å². The second-order valence-corrected chi connectivity index (χ2v) is 6.94. The second kappa shape index (κ2) is 7.58. The van der Waals surface area contributed by atoms with E-state index >= 15 is 0 Å². The van der Waals surface area contributed by atoms with Crippen LogP contribution in [-0.4, -0.2) is 33.3 Å². The number of hydrogen-bond donors (Lipinski definition) is 4. The second-order valence-electron chi connectivity index (χ2n) is 6.94. The fourth-order valence-electron chi connectivity index (χ4n) is 3.58. The van der Waals surface area contributed by atoms with Crippen LogP contribution in [0, 0.1) is 11.8 Å². The van der Waals surface area contributed by atoms with Crippen molar-refractivity contribution in [1.29, 1.82) is 0 Å². The van der Waals surface area contributed by atoms with Crippen molar-refractivity contribution in [3.05, 3.63) is 42.0 Å². The van der Waals surface area contributed by atoms with Gasteiger partial charge in [0.1, 0.15) is 0 Å². The maximum atomic E-state index is 10.7. The van der Waals surface area contributed by atoms with Crippen LogP contribution < -0.4 is 5.73 Å². The van der Waals surface area contributed by atoms with Gasteiger partial charge in [-0.05, 0) is 42.7 Å². The van der Waals surface area contributed by atoms with Gasteiger partial charge in [-0.25, -0.2) is 0 Å². The van der Waals surface area contributed by atoms with Gasteiger partial charge in [-0.15, -0.1) is 0 Å². The van der Waals surface area contributed by atoms with Crippen molar-refractivity contribution in [2.75, 3.05) is 6.61 Å². The molecule has 0 saturated heterocycles. The Bertz CT molecular complexity index is 507. The molecule has 0 aromatic heterocycles.